The standard InChI is InChI=1S/C18H19FN4O/c19-16-6-2-1-5-15(16)8-10-21-18(24)23-13-11-22(12-14-23)17-7-3-4-9-20-17/h1-10H,11-14H2,(H,21,24)/b10-8+. The molecular weight excluding hydrogens is 307 g/mol. The van der Waals surface area contributed by atoms with Crippen LogP contribution >= 0.6 is 0 Å². The zero-order valence-electron chi connectivity index (χ0n) is 13.2. The third-order valence-corrected chi connectivity index (χ3v) is 3.92. The van der Waals surface area contributed by atoms with E-state index in [-0.39, 0.29) is 11.8 Å². The molecule has 0 spiro atoms. The van der Waals surface area contributed by atoms with Crippen LogP contribution in [-0.4, -0.2) is 42.1 Å². The number of rotatable bonds is 3. The summed E-state index contributed by atoms with van der Waals surface area (Å²) in [5.74, 6) is 0.615. The zero-order chi connectivity index (χ0) is 16.8. The van der Waals surface area contributed by atoms with E-state index < -0.39 is 0 Å². The maximum atomic E-state index is 13.5. The maximum absolute atomic E-state index is 13.5. The Morgan fingerprint density at radius 1 is 1.08 bits per heavy atom. The first kappa shape index (κ1) is 16.0. The van der Waals surface area contributed by atoms with Gasteiger partial charge in [-0.15, -0.1) is 0 Å². The Kier molecular flexibility index (Phi) is 5.05. The van der Waals surface area contributed by atoms with E-state index >= 15 is 0 Å². The van der Waals surface area contributed by atoms with Crippen molar-refractivity contribution in [2.45, 2.75) is 0 Å². The van der Waals surface area contributed by atoms with E-state index in [2.05, 4.69) is 15.2 Å². The molecule has 1 fully saturated rings. The van der Waals surface area contributed by atoms with E-state index in [4.69, 9.17) is 0 Å². The normalized spacial score (nSPS) is 14.9. The van der Waals surface area contributed by atoms with Crippen molar-refractivity contribution < 1.29 is 9.18 Å². The van der Waals surface area contributed by atoms with Crippen LogP contribution in [0.4, 0.5) is 15.0 Å². The summed E-state index contributed by atoms with van der Waals surface area (Å²) in [6.07, 6.45) is 4.80. The van der Waals surface area contributed by atoms with Crippen LogP contribution in [0.15, 0.2) is 54.9 Å². The molecule has 1 N–H and O–H groups in total. The molecule has 0 saturated carbocycles. The van der Waals surface area contributed by atoms with Crippen LogP contribution in [0.25, 0.3) is 6.08 Å². The van der Waals surface area contributed by atoms with E-state index in [1.54, 1.807) is 35.4 Å². The van der Waals surface area contributed by atoms with Gasteiger partial charge in [-0.05, 0) is 24.3 Å². The highest BCUT2D eigenvalue weighted by atomic mass is 19.1. The minimum atomic E-state index is -0.313. The van der Waals surface area contributed by atoms with E-state index in [0.717, 1.165) is 18.9 Å². The van der Waals surface area contributed by atoms with Crippen molar-refractivity contribution >= 4 is 17.9 Å². The highest BCUT2D eigenvalue weighted by Crippen LogP contribution is 2.12. The molecule has 0 unspecified atom stereocenters. The fourth-order valence-electron chi connectivity index (χ4n) is 2.58. The van der Waals surface area contributed by atoms with Crippen LogP contribution < -0.4 is 10.2 Å². The molecule has 24 heavy (non-hydrogen) atoms. The van der Waals surface area contributed by atoms with Crippen molar-refractivity contribution in [3.63, 3.8) is 0 Å². The lowest BCUT2D eigenvalue weighted by molar-refractivity contribution is 0.198. The number of amides is 2. The Morgan fingerprint density at radius 3 is 2.54 bits per heavy atom. The summed E-state index contributed by atoms with van der Waals surface area (Å²) in [4.78, 5) is 20.4. The lowest BCUT2D eigenvalue weighted by atomic mass is 10.2. The number of carbonyl (C=O) groups excluding carboxylic acids is 1. The molecule has 0 bridgehead atoms. The second-order valence-corrected chi connectivity index (χ2v) is 5.47. The van der Waals surface area contributed by atoms with Crippen LogP contribution in [0, 0.1) is 5.82 Å². The molecule has 0 aliphatic carbocycles. The summed E-state index contributed by atoms with van der Waals surface area (Å²) in [5.41, 5.74) is 0.442. The van der Waals surface area contributed by atoms with Gasteiger partial charge in [-0.1, -0.05) is 24.3 Å². The molecule has 1 aliphatic heterocycles. The minimum absolute atomic E-state index is 0.178. The van der Waals surface area contributed by atoms with Gasteiger partial charge in [0.2, 0.25) is 0 Å². The average Bonchev–Trinajstić information content (AvgIpc) is 2.64. The topological polar surface area (TPSA) is 48.5 Å². The van der Waals surface area contributed by atoms with Crippen molar-refractivity contribution in [2.24, 2.45) is 0 Å². The lowest BCUT2D eigenvalue weighted by Gasteiger charge is -2.35. The number of piperazine rings is 1. The molecule has 1 aliphatic rings. The van der Waals surface area contributed by atoms with E-state index in [0.29, 0.717) is 18.7 Å². The monoisotopic (exact) mass is 326 g/mol. The Hall–Kier alpha value is -2.89. The number of urea groups is 1. The molecule has 2 amide bonds. The Morgan fingerprint density at radius 2 is 1.83 bits per heavy atom. The second kappa shape index (κ2) is 7.59. The lowest BCUT2D eigenvalue weighted by Crippen LogP contribution is -2.51. The Balaban J connectivity index is 1.50. The number of benzene rings is 1. The molecular formula is C18H19FN4O. The number of carbonyl (C=O) groups is 1. The van der Waals surface area contributed by atoms with Crippen LogP contribution in [0.1, 0.15) is 5.56 Å². The van der Waals surface area contributed by atoms with Gasteiger partial charge in [0, 0.05) is 44.1 Å². The van der Waals surface area contributed by atoms with E-state index in [1.807, 2.05) is 18.2 Å². The number of nitrogens with zero attached hydrogens (tertiary/aromatic N) is 3. The Labute approximate surface area is 140 Å². The first-order valence-electron chi connectivity index (χ1n) is 7.86. The van der Waals surface area contributed by atoms with Gasteiger partial charge in [-0.3, -0.25) is 0 Å². The molecule has 6 heteroatoms. The molecule has 2 heterocycles. The minimum Gasteiger partial charge on any atom is -0.353 e. The van der Waals surface area contributed by atoms with Gasteiger partial charge >= 0.3 is 6.03 Å². The predicted octanol–water partition coefficient (Wildman–Crippen LogP) is 2.72. The molecule has 1 saturated heterocycles. The SMILES string of the molecule is O=C(N/C=C/c1ccccc1F)N1CCN(c2ccccn2)CC1. The van der Waals surface area contributed by atoms with Gasteiger partial charge in [-0.2, -0.15) is 0 Å². The summed E-state index contributed by atoms with van der Waals surface area (Å²) in [7, 11) is 0. The van der Waals surface area contributed by atoms with Gasteiger partial charge in [0.25, 0.3) is 0 Å². The number of hydrogen-bond acceptors (Lipinski definition) is 3. The summed E-state index contributed by atoms with van der Waals surface area (Å²) >= 11 is 0. The summed E-state index contributed by atoms with van der Waals surface area (Å²) < 4.78 is 13.5. The molecule has 0 radical (unpaired) electrons. The number of aromatic nitrogens is 1. The third-order valence-electron chi connectivity index (χ3n) is 3.92. The van der Waals surface area contributed by atoms with Crippen molar-refractivity contribution in [2.75, 3.05) is 31.1 Å². The average molecular weight is 326 g/mol. The van der Waals surface area contributed by atoms with Gasteiger partial charge in [0.15, 0.2) is 0 Å². The predicted molar refractivity (Wildman–Crippen MR) is 92.0 cm³/mol. The Bertz CT molecular complexity index is 712. The maximum Gasteiger partial charge on any atom is 0.321 e. The highest BCUT2D eigenvalue weighted by Gasteiger charge is 2.20. The van der Waals surface area contributed by atoms with Crippen molar-refractivity contribution in [1.29, 1.82) is 0 Å². The molecule has 0 atom stereocenters. The van der Waals surface area contributed by atoms with Crippen molar-refractivity contribution in [3.8, 4) is 0 Å². The highest BCUT2D eigenvalue weighted by molar-refractivity contribution is 5.76. The molecule has 5 nitrogen and oxygen atoms in total. The quantitative estimate of drug-likeness (QED) is 0.943. The summed E-state index contributed by atoms with van der Waals surface area (Å²) in [6, 6.07) is 12.1. The molecule has 124 valence electrons. The largest absolute Gasteiger partial charge is 0.353 e. The molecule has 1 aromatic heterocycles. The first-order chi connectivity index (χ1) is 11.7. The fourth-order valence-corrected chi connectivity index (χ4v) is 2.58. The third kappa shape index (κ3) is 3.90. The van der Waals surface area contributed by atoms with E-state index in [9.17, 15) is 9.18 Å². The molecule has 2 aromatic rings. The van der Waals surface area contributed by atoms with Crippen molar-refractivity contribution in [1.82, 2.24) is 15.2 Å². The fraction of sp³-hybridized carbons (Fsp3) is 0.222. The summed E-state index contributed by atoms with van der Waals surface area (Å²) in [6.45, 7) is 2.72. The number of hydrogen-bond donors (Lipinski definition) is 1. The number of halogens is 1. The van der Waals surface area contributed by atoms with E-state index in [1.165, 1.54) is 12.3 Å². The second-order valence-electron chi connectivity index (χ2n) is 5.47. The van der Waals surface area contributed by atoms with Crippen LogP contribution in [0.5, 0.6) is 0 Å². The van der Waals surface area contributed by atoms with Gasteiger partial charge < -0.3 is 15.1 Å². The smallest absolute Gasteiger partial charge is 0.321 e. The van der Waals surface area contributed by atoms with Crippen LogP contribution in [0.2, 0.25) is 0 Å². The first-order valence-corrected chi connectivity index (χ1v) is 7.86. The van der Waals surface area contributed by atoms with Crippen molar-refractivity contribution in [3.05, 3.63) is 66.2 Å². The molecule has 3 rings (SSSR count). The molecule has 1 aromatic carbocycles. The summed E-state index contributed by atoms with van der Waals surface area (Å²) in [5, 5.41) is 2.69. The number of anilines is 1. The zero-order valence-corrected chi connectivity index (χ0v) is 13.2. The number of nitrogens with one attached hydrogen (secondary N) is 1. The van der Waals surface area contributed by atoms with Gasteiger partial charge in [-0.25, -0.2) is 14.2 Å². The van der Waals surface area contributed by atoms with Gasteiger partial charge in [0.05, 0.1) is 0 Å². The van der Waals surface area contributed by atoms with Gasteiger partial charge in [0.1, 0.15) is 11.6 Å². The van der Waals surface area contributed by atoms with Crippen LogP contribution in [0.3, 0.4) is 0 Å². The number of pyridine rings is 1. The van der Waals surface area contributed by atoms with Crippen LogP contribution in [-0.2, 0) is 0 Å².